The summed E-state index contributed by atoms with van der Waals surface area (Å²) in [5, 5.41) is 12.1. The van der Waals surface area contributed by atoms with Gasteiger partial charge in [0.25, 0.3) is 0 Å². The van der Waals surface area contributed by atoms with Crippen molar-refractivity contribution in [1.29, 1.82) is 0 Å². The number of nitrogen functional groups attached to an aromatic ring is 1. The number of benzene rings is 1. The number of methoxy groups -OCH3 is 1. The van der Waals surface area contributed by atoms with Crippen molar-refractivity contribution in [3.05, 3.63) is 40.3 Å². The van der Waals surface area contributed by atoms with Crippen molar-refractivity contribution >= 4 is 23.1 Å². The standard InChI is InChI=1S/C14H15N5OS2/c1-9-16-10(7-21-9)8-22-14-18-17-13(19(14)15)11-5-3-4-6-12(11)20-2/h3-7H,8,15H2,1-2H3. The third kappa shape index (κ3) is 2.93. The average molecular weight is 333 g/mol. The minimum absolute atomic E-state index is 0.578. The van der Waals surface area contributed by atoms with E-state index in [1.54, 1.807) is 18.4 Å². The molecule has 6 nitrogen and oxygen atoms in total. The molecule has 0 radical (unpaired) electrons. The fourth-order valence-corrected chi connectivity index (χ4v) is 3.47. The van der Waals surface area contributed by atoms with Crippen LogP contribution in [-0.4, -0.2) is 27.0 Å². The van der Waals surface area contributed by atoms with Crippen LogP contribution in [0.1, 0.15) is 10.7 Å². The molecule has 0 spiro atoms. The fourth-order valence-electron chi connectivity index (χ4n) is 2.00. The van der Waals surface area contributed by atoms with Crippen LogP contribution in [0.2, 0.25) is 0 Å². The van der Waals surface area contributed by atoms with Crippen molar-refractivity contribution in [2.45, 2.75) is 17.8 Å². The average Bonchev–Trinajstić information content (AvgIpc) is 3.11. The summed E-state index contributed by atoms with van der Waals surface area (Å²) in [6.07, 6.45) is 0. The van der Waals surface area contributed by atoms with E-state index in [9.17, 15) is 0 Å². The molecule has 0 fully saturated rings. The van der Waals surface area contributed by atoms with Crippen LogP contribution in [0.4, 0.5) is 0 Å². The Hall–Kier alpha value is -2.06. The Balaban J connectivity index is 1.82. The zero-order chi connectivity index (χ0) is 15.5. The summed E-state index contributed by atoms with van der Waals surface area (Å²) in [5.41, 5.74) is 1.84. The van der Waals surface area contributed by atoms with E-state index < -0.39 is 0 Å². The summed E-state index contributed by atoms with van der Waals surface area (Å²) in [6.45, 7) is 1.99. The summed E-state index contributed by atoms with van der Waals surface area (Å²) in [7, 11) is 1.62. The van der Waals surface area contributed by atoms with Gasteiger partial charge in [0.1, 0.15) is 5.75 Å². The molecular formula is C14H15N5OS2. The second kappa shape index (κ2) is 6.37. The molecule has 0 bridgehead atoms. The number of hydrogen-bond donors (Lipinski definition) is 1. The second-order valence-electron chi connectivity index (χ2n) is 4.52. The molecule has 3 aromatic rings. The Kier molecular flexibility index (Phi) is 4.30. The molecule has 2 aromatic heterocycles. The maximum absolute atomic E-state index is 6.13. The maximum atomic E-state index is 6.13. The monoisotopic (exact) mass is 333 g/mol. The highest BCUT2D eigenvalue weighted by molar-refractivity contribution is 7.98. The molecule has 3 rings (SSSR count). The van der Waals surface area contributed by atoms with Gasteiger partial charge in [-0.2, -0.15) is 0 Å². The van der Waals surface area contributed by atoms with Gasteiger partial charge in [-0.25, -0.2) is 9.66 Å². The van der Waals surface area contributed by atoms with Gasteiger partial charge in [-0.05, 0) is 19.1 Å². The van der Waals surface area contributed by atoms with Gasteiger partial charge >= 0.3 is 0 Å². The number of ether oxygens (including phenoxy) is 1. The van der Waals surface area contributed by atoms with E-state index in [1.165, 1.54) is 16.4 Å². The van der Waals surface area contributed by atoms with E-state index >= 15 is 0 Å². The Morgan fingerprint density at radius 3 is 2.86 bits per heavy atom. The molecule has 1 aromatic carbocycles. The zero-order valence-electron chi connectivity index (χ0n) is 12.2. The maximum Gasteiger partial charge on any atom is 0.210 e. The first-order chi connectivity index (χ1) is 10.7. The molecule has 0 amide bonds. The summed E-state index contributed by atoms with van der Waals surface area (Å²) in [6, 6.07) is 7.59. The molecule has 2 heterocycles. The first-order valence-electron chi connectivity index (χ1n) is 6.56. The van der Waals surface area contributed by atoms with Crippen LogP contribution in [0.3, 0.4) is 0 Å². The number of nitrogens with two attached hydrogens (primary N) is 1. The van der Waals surface area contributed by atoms with Gasteiger partial charge in [-0.1, -0.05) is 23.9 Å². The number of thiazole rings is 1. The van der Waals surface area contributed by atoms with Crippen LogP contribution in [0, 0.1) is 6.92 Å². The van der Waals surface area contributed by atoms with Crippen LogP contribution in [0.5, 0.6) is 5.75 Å². The van der Waals surface area contributed by atoms with Crippen LogP contribution in [-0.2, 0) is 5.75 Å². The van der Waals surface area contributed by atoms with E-state index in [1.807, 2.05) is 36.6 Å². The molecule has 0 aliphatic heterocycles. The molecule has 0 aliphatic carbocycles. The molecule has 8 heteroatoms. The lowest BCUT2D eigenvalue weighted by molar-refractivity contribution is 0.416. The lowest BCUT2D eigenvalue weighted by Crippen LogP contribution is -2.12. The van der Waals surface area contributed by atoms with Crippen molar-refractivity contribution in [2.75, 3.05) is 13.0 Å². The van der Waals surface area contributed by atoms with E-state index in [0.29, 0.717) is 22.5 Å². The van der Waals surface area contributed by atoms with Crippen LogP contribution in [0.25, 0.3) is 11.4 Å². The summed E-state index contributed by atoms with van der Waals surface area (Å²) < 4.78 is 6.83. The van der Waals surface area contributed by atoms with E-state index in [4.69, 9.17) is 10.6 Å². The number of hydrogen-bond acceptors (Lipinski definition) is 7. The SMILES string of the molecule is COc1ccccc1-c1nnc(SCc2csc(C)n2)n1N. The predicted octanol–water partition coefficient (Wildman–Crippen LogP) is 2.72. The van der Waals surface area contributed by atoms with Gasteiger partial charge in [0.15, 0.2) is 5.82 Å². The highest BCUT2D eigenvalue weighted by Gasteiger charge is 2.15. The van der Waals surface area contributed by atoms with Crippen molar-refractivity contribution in [3.8, 4) is 17.1 Å². The number of para-hydroxylation sites is 1. The molecule has 0 aliphatic rings. The number of nitrogens with zero attached hydrogens (tertiary/aromatic N) is 4. The lowest BCUT2D eigenvalue weighted by Gasteiger charge is -2.07. The Bertz CT molecular complexity index is 783. The van der Waals surface area contributed by atoms with E-state index in [-0.39, 0.29) is 0 Å². The Morgan fingerprint density at radius 1 is 1.32 bits per heavy atom. The van der Waals surface area contributed by atoms with Crippen LogP contribution < -0.4 is 10.6 Å². The zero-order valence-corrected chi connectivity index (χ0v) is 13.8. The first-order valence-corrected chi connectivity index (χ1v) is 8.43. The normalized spacial score (nSPS) is 10.8. The van der Waals surface area contributed by atoms with Gasteiger partial charge in [-0.15, -0.1) is 21.5 Å². The fraction of sp³-hybridized carbons (Fsp3) is 0.214. The molecular weight excluding hydrogens is 318 g/mol. The van der Waals surface area contributed by atoms with E-state index in [0.717, 1.165) is 16.3 Å². The molecule has 2 N–H and O–H groups in total. The number of aromatic nitrogens is 4. The summed E-state index contributed by atoms with van der Waals surface area (Å²) in [4.78, 5) is 4.43. The molecule has 0 saturated carbocycles. The lowest BCUT2D eigenvalue weighted by atomic mass is 10.2. The largest absolute Gasteiger partial charge is 0.496 e. The van der Waals surface area contributed by atoms with Crippen molar-refractivity contribution < 1.29 is 4.74 Å². The quantitative estimate of drug-likeness (QED) is 0.571. The minimum atomic E-state index is 0.578. The highest BCUT2D eigenvalue weighted by atomic mass is 32.2. The van der Waals surface area contributed by atoms with Gasteiger partial charge in [0.2, 0.25) is 5.16 Å². The molecule has 114 valence electrons. The van der Waals surface area contributed by atoms with Crippen molar-refractivity contribution in [3.63, 3.8) is 0 Å². The third-order valence-electron chi connectivity index (χ3n) is 3.03. The third-order valence-corrected chi connectivity index (χ3v) is 4.83. The predicted molar refractivity (Wildman–Crippen MR) is 88.6 cm³/mol. The Labute approximate surface area is 136 Å². The minimum Gasteiger partial charge on any atom is -0.496 e. The molecule has 0 saturated heterocycles. The van der Waals surface area contributed by atoms with Crippen molar-refractivity contribution in [1.82, 2.24) is 19.9 Å². The smallest absolute Gasteiger partial charge is 0.210 e. The topological polar surface area (TPSA) is 78.9 Å². The van der Waals surface area contributed by atoms with Gasteiger partial charge in [-0.3, -0.25) is 0 Å². The molecule has 0 atom stereocenters. The molecule has 22 heavy (non-hydrogen) atoms. The number of aryl methyl sites for hydroxylation is 1. The van der Waals surface area contributed by atoms with Gasteiger partial charge in [0.05, 0.1) is 23.4 Å². The number of rotatable bonds is 5. The van der Waals surface area contributed by atoms with Crippen molar-refractivity contribution in [2.24, 2.45) is 0 Å². The van der Waals surface area contributed by atoms with Crippen LogP contribution >= 0.6 is 23.1 Å². The number of thioether (sulfide) groups is 1. The summed E-state index contributed by atoms with van der Waals surface area (Å²) in [5.74, 6) is 8.13. The van der Waals surface area contributed by atoms with Gasteiger partial charge < -0.3 is 10.6 Å². The van der Waals surface area contributed by atoms with E-state index in [2.05, 4.69) is 15.2 Å². The second-order valence-corrected chi connectivity index (χ2v) is 6.53. The first kappa shape index (κ1) is 14.9. The summed E-state index contributed by atoms with van der Waals surface area (Å²) >= 11 is 3.15. The van der Waals surface area contributed by atoms with Crippen LogP contribution in [0.15, 0.2) is 34.8 Å². The molecule has 0 unspecified atom stereocenters. The Morgan fingerprint density at radius 2 is 2.14 bits per heavy atom. The highest BCUT2D eigenvalue weighted by Crippen LogP contribution is 2.30. The van der Waals surface area contributed by atoms with Gasteiger partial charge in [0, 0.05) is 11.1 Å².